The van der Waals surface area contributed by atoms with Gasteiger partial charge in [-0.3, -0.25) is 4.98 Å². The van der Waals surface area contributed by atoms with Crippen molar-refractivity contribution in [3.05, 3.63) is 29.6 Å². The second kappa shape index (κ2) is 4.24. The third kappa shape index (κ3) is 2.33. The van der Waals surface area contributed by atoms with Crippen molar-refractivity contribution in [1.29, 1.82) is 0 Å². The zero-order valence-electron chi connectivity index (χ0n) is 8.17. The first-order chi connectivity index (χ1) is 5.74. The molecule has 12 heavy (non-hydrogen) atoms. The van der Waals surface area contributed by atoms with Crippen LogP contribution in [0.4, 0.5) is 0 Å². The van der Waals surface area contributed by atoms with E-state index in [2.05, 4.69) is 44.0 Å². The van der Waals surface area contributed by atoms with Crippen LogP contribution in [-0.2, 0) is 6.42 Å². The first kappa shape index (κ1) is 9.24. The zero-order valence-corrected chi connectivity index (χ0v) is 8.17. The summed E-state index contributed by atoms with van der Waals surface area (Å²) in [6.07, 6.45) is 2.27. The van der Waals surface area contributed by atoms with E-state index >= 15 is 0 Å². The van der Waals surface area contributed by atoms with E-state index in [9.17, 15) is 0 Å². The van der Waals surface area contributed by atoms with E-state index in [1.165, 1.54) is 17.8 Å². The second-order valence-electron chi connectivity index (χ2n) is 3.46. The largest absolute Gasteiger partial charge is 0.258 e. The standard InChI is InChI=1S/C11H17N/c1-4-6-10-7-5-8-11(12-10)9(2)3/h5,7-9H,4,6H2,1-3H3. The van der Waals surface area contributed by atoms with Crippen molar-refractivity contribution in [2.45, 2.75) is 39.5 Å². The Balaban J connectivity index is 2.81. The molecule has 0 aromatic carbocycles. The summed E-state index contributed by atoms with van der Waals surface area (Å²) >= 11 is 0. The number of rotatable bonds is 3. The summed E-state index contributed by atoms with van der Waals surface area (Å²) in [5, 5.41) is 0. The normalized spacial score (nSPS) is 10.7. The summed E-state index contributed by atoms with van der Waals surface area (Å²) in [7, 11) is 0. The van der Waals surface area contributed by atoms with Crippen LogP contribution in [0, 0.1) is 0 Å². The topological polar surface area (TPSA) is 12.9 Å². The Morgan fingerprint density at radius 1 is 1.33 bits per heavy atom. The van der Waals surface area contributed by atoms with Crippen LogP contribution >= 0.6 is 0 Å². The lowest BCUT2D eigenvalue weighted by molar-refractivity contribution is 0.791. The predicted molar refractivity (Wildman–Crippen MR) is 52.3 cm³/mol. The Hall–Kier alpha value is -0.850. The number of aromatic nitrogens is 1. The SMILES string of the molecule is CCCc1cccc(C(C)C)n1. The molecule has 0 fully saturated rings. The lowest BCUT2D eigenvalue weighted by atomic mass is 10.1. The molecular formula is C11H17N. The average molecular weight is 163 g/mol. The molecular weight excluding hydrogens is 146 g/mol. The predicted octanol–water partition coefficient (Wildman–Crippen LogP) is 3.16. The van der Waals surface area contributed by atoms with Gasteiger partial charge < -0.3 is 0 Å². The Morgan fingerprint density at radius 3 is 2.67 bits per heavy atom. The molecule has 0 aliphatic carbocycles. The zero-order chi connectivity index (χ0) is 8.97. The number of pyridine rings is 1. The Kier molecular flexibility index (Phi) is 3.27. The number of nitrogens with zero attached hydrogens (tertiary/aromatic N) is 1. The molecule has 1 heterocycles. The van der Waals surface area contributed by atoms with Crippen LogP contribution in [0.5, 0.6) is 0 Å². The molecule has 0 amide bonds. The minimum absolute atomic E-state index is 0.543. The van der Waals surface area contributed by atoms with Crippen LogP contribution in [0.25, 0.3) is 0 Å². The van der Waals surface area contributed by atoms with Crippen LogP contribution in [-0.4, -0.2) is 4.98 Å². The van der Waals surface area contributed by atoms with Crippen LogP contribution in [0.2, 0.25) is 0 Å². The first-order valence-corrected chi connectivity index (χ1v) is 4.70. The molecule has 1 rings (SSSR count). The van der Waals surface area contributed by atoms with E-state index < -0.39 is 0 Å². The molecule has 1 aromatic heterocycles. The number of aryl methyl sites for hydroxylation is 1. The maximum atomic E-state index is 4.56. The maximum absolute atomic E-state index is 4.56. The first-order valence-electron chi connectivity index (χ1n) is 4.70. The smallest absolute Gasteiger partial charge is 0.0432 e. The molecule has 0 atom stereocenters. The van der Waals surface area contributed by atoms with Crippen molar-refractivity contribution in [2.75, 3.05) is 0 Å². The Morgan fingerprint density at radius 2 is 2.08 bits per heavy atom. The molecule has 1 aromatic rings. The van der Waals surface area contributed by atoms with Gasteiger partial charge in [-0.2, -0.15) is 0 Å². The van der Waals surface area contributed by atoms with Crippen molar-refractivity contribution in [1.82, 2.24) is 4.98 Å². The van der Waals surface area contributed by atoms with Gasteiger partial charge in [0.2, 0.25) is 0 Å². The van der Waals surface area contributed by atoms with E-state index in [1.807, 2.05) is 0 Å². The van der Waals surface area contributed by atoms with E-state index in [0.717, 1.165) is 6.42 Å². The molecule has 0 aliphatic heterocycles. The van der Waals surface area contributed by atoms with Gasteiger partial charge in [0.25, 0.3) is 0 Å². The quantitative estimate of drug-likeness (QED) is 0.667. The summed E-state index contributed by atoms with van der Waals surface area (Å²) in [6, 6.07) is 6.31. The van der Waals surface area contributed by atoms with Gasteiger partial charge in [0, 0.05) is 11.4 Å². The average Bonchev–Trinajstić information content (AvgIpc) is 2.05. The van der Waals surface area contributed by atoms with Crippen molar-refractivity contribution in [3.63, 3.8) is 0 Å². The lowest BCUT2D eigenvalue weighted by Gasteiger charge is -2.05. The van der Waals surface area contributed by atoms with Crippen molar-refractivity contribution < 1.29 is 0 Å². The summed E-state index contributed by atoms with van der Waals surface area (Å²) in [5.74, 6) is 0.543. The van der Waals surface area contributed by atoms with Gasteiger partial charge in [0.05, 0.1) is 0 Å². The molecule has 66 valence electrons. The molecule has 0 aliphatic rings. The van der Waals surface area contributed by atoms with Crippen LogP contribution < -0.4 is 0 Å². The highest BCUT2D eigenvalue weighted by atomic mass is 14.7. The fourth-order valence-corrected chi connectivity index (χ4v) is 1.22. The highest BCUT2D eigenvalue weighted by Gasteiger charge is 2.00. The Bertz CT molecular complexity index is 241. The van der Waals surface area contributed by atoms with Crippen LogP contribution in [0.3, 0.4) is 0 Å². The van der Waals surface area contributed by atoms with E-state index in [4.69, 9.17) is 0 Å². The number of hydrogen-bond acceptors (Lipinski definition) is 1. The fourth-order valence-electron chi connectivity index (χ4n) is 1.22. The van der Waals surface area contributed by atoms with E-state index in [0.29, 0.717) is 5.92 Å². The lowest BCUT2D eigenvalue weighted by Crippen LogP contribution is -1.96. The molecule has 0 saturated heterocycles. The second-order valence-corrected chi connectivity index (χ2v) is 3.46. The molecule has 0 N–H and O–H groups in total. The number of hydrogen-bond donors (Lipinski definition) is 0. The van der Waals surface area contributed by atoms with Gasteiger partial charge in [-0.15, -0.1) is 0 Å². The summed E-state index contributed by atoms with van der Waals surface area (Å²) in [6.45, 7) is 6.54. The molecule has 0 bridgehead atoms. The van der Waals surface area contributed by atoms with Crippen LogP contribution in [0.15, 0.2) is 18.2 Å². The molecule has 0 unspecified atom stereocenters. The third-order valence-corrected chi connectivity index (χ3v) is 1.93. The van der Waals surface area contributed by atoms with Gasteiger partial charge in [-0.25, -0.2) is 0 Å². The van der Waals surface area contributed by atoms with Crippen molar-refractivity contribution in [3.8, 4) is 0 Å². The Labute approximate surface area is 74.8 Å². The molecule has 0 saturated carbocycles. The third-order valence-electron chi connectivity index (χ3n) is 1.93. The maximum Gasteiger partial charge on any atom is 0.0432 e. The van der Waals surface area contributed by atoms with E-state index in [1.54, 1.807) is 0 Å². The van der Waals surface area contributed by atoms with Gasteiger partial charge in [-0.05, 0) is 24.5 Å². The molecule has 0 radical (unpaired) electrons. The summed E-state index contributed by atoms with van der Waals surface area (Å²) < 4.78 is 0. The van der Waals surface area contributed by atoms with Gasteiger partial charge >= 0.3 is 0 Å². The minimum atomic E-state index is 0.543. The van der Waals surface area contributed by atoms with Gasteiger partial charge in [-0.1, -0.05) is 33.3 Å². The van der Waals surface area contributed by atoms with Crippen LogP contribution in [0.1, 0.15) is 44.5 Å². The fraction of sp³-hybridized carbons (Fsp3) is 0.545. The van der Waals surface area contributed by atoms with Crippen molar-refractivity contribution in [2.24, 2.45) is 0 Å². The summed E-state index contributed by atoms with van der Waals surface area (Å²) in [5.41, 5.74) is 2.43. The highest BCUT2D eigenvalue weighted by Crippen LogP contribution is 2.11. The van der Waals surface area contributed by atoms with Gasteiger partial charge in [0.1, 0.15) is 0 Å². The molecule has 1 heteroatoms. The highest BCUT2D eigenvalue weighted by molar-refractivity contribution is 5.13. The molecule has 1 nitrogen and oxygen atoms in total. The minimum Gasteiger partial charge on any atom is -0.258 e. The summed E-state index contributed by atoms with van der Waals surface area (Å²) in [4.78, 5) is 4.56. The molecule has 0 spiro atoms. The monoisotopic (exact) mass is 163 g/mol. The van der Waals surface area contributed by atoms with E-state index in [-0.39, 0.29) is 0 Å². The van der Waals surface area contributed by atoms with Crippen molar-refractivity contribution >= 4 is 0 Å². The van der Waals surface area contributed by atoms with Gasteiger partial charge in [0.15, 0.2) is 0 Å².